The molecule has 0 fully saturated rings. The smallest absolute Gasteiger partial charge is 0.336 e. The number of aromatic nitrogens is 2. The second kappa shape index (κ2) is 27.0. The van der Waals surface area contributed by atoms with E-state index in [9.17, 15) is 36.1 Å². The lowest BCUT2D eigenvalue weighted by atomic mass is 10.1. The van der Waals surface area contributed by atoms with Gasteiger partial charge in [-0.3, -0.25) is 19.1 Å². The number of Topliss-reactive ketones (excluding diaryl/α,β-unsaturated/α-hetero) is 1. The van der Waals surface area contributed by atoms with E-state index in [0.717, 1.165) is 23.8 Å². The molecule has 6 rings (SSSR count). The van der Waals surface area contributed by atoms with E-state index in [1.165, 1.54) is 73.9 Å². The largest absolute Gasteiger partial charge is 0.497 e. The fourth-order valence-electron chi connectivity index (χ4n) is 6.52. The highest BCUT2D eigenvalue weighted by Gasteiger charge is 2.25. The average molecular weight is 1080 g/mol. The third-order valence-electron chi connectivity index (χ3n) is 10.1. The van der Waals surface area contributed by atoms with Gasteiger partial charge in [0.15, 0.2) is 31.3 Å². The summed E-state index contributed by atoms with van der Waals surface area (Å²) in [6, 6.07) is 28.9. The normalized spacial score (nSPS) is 12.3. The van der Waals surface area contributed by atoms with Gasteiger partial charge in [-0.05, 0) is 125 Å². The monoisotopic (exact) mass is 1080 g/mol. The highest BCUT2D eigenvalue weighted by molar-refractivity contribution is 7.91. The second-order valence-electron chi connectivity index (χ2n) is 16.5. The standard InChI is InChI=1S/C26H32N3O9PS.C26H28O7S/c1-5-35-39(32,36-6-2)17-20-14-28-25(15-27-20)29-26(31)19-11-22(37-18(3)16-30)13-23(12-19)38-21-7-9-24(10-8-21)40(4,33)34;1-18(16-31-17-20-5-7-22(30-3)8-6-20)32-24-13-21(19(2)27)14-25(15-24)33-23-9-11-26(12-10-23)34(4,28)29/h7-15,18,30H,5-6,16-17H2,1-4H3,(H,28,29,31);5-15,18H,16-17H2,1-4H3/t2*18-/m00/s1. The van der Waals surface area contributed by atoms with E-state index in [-0.39, 0.29) is 70.5 Å². The molecule has 1 heterocycles. The maximum absolute atomic E-state index is 13.1. The highest BCUT2D eigenvalue weighted by atomic mass is 32.2. The Morgan fingerprint density at radius 1 is 0.649 bits per heavy atom. The number of rotatable bonds is 25. The molecule has 0 aliphatic heterocycles. The summed E-state index contributed by atoms with van der Waals surface area (Å²) in [4.78, 5) is 33.8. The van der Waals surface area contributed by atoms with Gasteiger partial charge in [0, 0.05) is 35.8 Å². The highest BCUT2D eigenvalue weighted by Crippen LogP contribution is 2.50. The minimum Gasteiger partial charge on any atom is -0.497 e. The van der Waals surface area contributed by atoms with Crippen LogP contribution in [0.25, 0.3) is 0 Å². The molecule has 1 amide bonds. The van der Waals surface area contributed by atoms with Gasteiger partial charge in [-0.2, -0.15) is 0 Å². The zero-order chi connectivity index (χ0) is 54.1. The first kappa shape index (κ1) is 58.2. The fourth-order valence-corrected chi connectivity index (χ4v) is 9.39. The van der Waals surface area contributed by atoms with E-state index < -0.39 is 39.3 Å². The molecule has 22 heteroatoms. The lowest BCUT2D eigenvalue weighted by Gasteiger charge is -2.17. The van der Waals surface area contributed by atoms with E-state index in [2.05, 4.69) is 15.3 Å². The van der Waals surface area contributed by atoms with Crippen molar-refractivity contribution in [3.8, 4) is 40.2 Å². The summed E-state index contributed by atoms with van der Waals surface area (Å²) in [5.74, 6) is 2.41. The molecule has 0 saturated carbocycles. The van der Waals surface area contributed by atoms with Gasteiger partial charge >= 0.3 is 7.60 Å². The summed E-state index contributed by atoms with van der Waals surface area (Å²) in [6.07, 6.45) is 4.05. The number of methoxy groups -OCH3 is 1. The molecule has 19 nitrogen and oxygen atoms in total. The number of sulfone groups is 2. The molecule has 2 atom stereocenters. The molecule has 6 aromatic rings. The van der Waals surface area contributed by atoms with Crippen LogP contribution in [0.3, 0.4) is 0 Å². The number of carbonyl (C=O) groups excluding carboxylic acids is 2. The van der Waals surface area contributed by atoms with Gasteiger partial charge in [0.25, 0.3) is 5.91 Å². The minimum atomic E-state index is -3.37. The maximum atomic E-state index is 13.1. The number of benzene rings is 5. The number of anilines is 1. The van der Waals surface area contributed by atoms with Crippen molar-refractivity contribution >= 4 is 44.8 Å². The average Bonchev–Trinajstić information content (AvgIpc) is 3.34. The number of aliphatic hydroxyl groups is 1. The quantitative estimate of drug-likeness (QED) is 0.0400. The molecule has 0 saturated heterocycles. The lowest BCUT2D eigenvalue weighted by Crippen LogP contribution is -2.19. The summed E-state index contributed by atoms with van der Waals surface area (Å²) in [7, 11) is -8.41. The molecule has 5 aromatic carbocycles. The molecule has 0 spiro atoms. The fraction of sp³-hybridized carbons (Fsp3) is 0.308. The number of ketones is 1. The van der Waals surface area contributed by atoms with Gasteiger partial charge in [-0.25, -0.2) is 21.8 Å². The first-order valence-electron chi connectivity index (χ1n) is 23.0. The topological polar surface area (TPSA) is 251 Å². The van der Waals surface area contributed by atoms with Crippen LogP contribution in [0.2, 0.25) is 0 Å². The van der Waals surface area contributed by atoms with Crippen LogP contribution < -0.4 is 29.0 Å². The molecule has 2 N–H and O–H groups in total. The van der Waals surface area contributed by atoms with Gasteiger partial charge < -0.3 is 47.9 Å². The van der Waals surface area contributed by atoms with E-state index in [1.807, 2.05) is 31.2 Å². The van der Waals surface area contributed by atoms with Crippen molar-refractivity contribution < 1.29 is 73.6 Å². The Morgan fingerprint density at radius 3 is 1.59 bits per heavy atom. The van der Waals surface area contributed by atoms with Gasteiger partial charge in [0.2, 0.25) is 0 Å². The minimum absolute atomic E-state index is 0.0653. The van der Waals surface area contributed by atoms with Crippen LogP contribution in [-0.4, -0.2) is 102 Å². The van der Waals surface area contributed by atoms with Crippen molar-refractivity contribution in [3.63, 3.8) is 0 Å². The molecule has 0 aliphatic rings. The molecule has 396 valence electrons. The van der Waals surface area contributed by atoms with Gasteiger partial charge in [0.1, 0.15) is 52.5 Å². The number of hydrogen-bond donors (Lipinski definition) is 2. The summed E-state index contributed by atoms with van der Waals surface area (Å²) in [6.45, 7) is 9.39. The molecule has 74 heavy (non-hydrogen) atoms. The predicted molar refractivity (Wildman–Crippen MR) is 277 cm³/mol. The van der Waals surface area contributed by atoms with Crippen molar-refractivity contribution in [2.45, 2.75) is 69.4 Å². The maximum Gasteiger partial charge on any atom is 0.336 e. The number of aliphatic hydroxyl groups excluding tert-OH is 1. The number of nitrogens with zero attached hydrogens (tertiary/aromatic N) is 2. The first-order chi connectivity index (χ1) is 35.1. The van der Waals surface area contributed by atoms with Crippen molar-refractivity contribution in [2.75, 3.05) is 51.4 Å². The summed E-state index contributed by atoms with van der Waals surface area (Å²) in [5.41, 5.74) is 1.98. The molecular formula is C52H60N3O16PS2. The van der Waals surface area contributed by atoms with Gasteiger partial charge in [-0.1, -0.05) is 12.1 Å². The molecule has 0 aliphatic carbocycles. The van der Waals surface area contributed by atoms with Crippen molar-refractivity contribution in [1.29, 1.82) is 0 Å². The van der Waals surface area contributed by atoms with Crippen molar-refractivity contribution in [3.05, 3.63) is 144 Å². The van der Waals surface area contributed by atoms with Crippen LogP contribution in [0, 0.1) is 0 Å². The predicted octanol–water partition coefficient (Wildman–Crippen LogP) is 9.53. The van der Waals surface area contributed by atoms with E-state index in [1.54, 1.807) is 58.2 Å². The number of nitrogens with one attached hydrogen (secondary N) is 1. The molecule has 0 bridgehead atoms. The first-order valence-corrected chi connectivity index (χ1v) is 28.5. The lowest BCUT2D eigenvalue weighted by molar-refractivity contribution is 0.0491. The third-order valence-corrected chi connectivity index (χ3v) is 14.3. The number of amides is 1. The number of carbonyl (C=O) groups is 2. The van der Waals surface area contributed by atoms with Crippen LogP contribution in [0.1, 0.15) is 66.6 Å². The molecule has 1 aromatic heterocycles. The second-order valence-corrected chi connectivity index (χ2v) is 22.6. The van der Waals surface area contributed by atoms with E-state index >= 15 is 0 Å². The molecule has 0 radical (unpaired) electrons. The Kier molecular flexibility index (Phi) is 21.2. The van der Waals surface area contributed by atoms with Crippen LogP contribution in [-0.2, 0) is 50.8 Å². The zero-order valence-electron chi connectivity index (χ0n) is 42.2. The third kappa shape index (κ3) is 18.6. The van der Waals surface area contributed by atoms with E-state index in [4.69, 9.17) is 37.5 Å². The molecule has 0 unspecified atom stereocenters. The van der Waals surface area contributed by atoms with Crippen LogP contribution in [0.4, 0.5) is 5.82 Å². The van der Waals surface area contributed by atoms with Crippen molar-refractivity contribution in [1.82, 2.24) is 9.97 Å². The molecular weight excluding hydrogens is 1020 g/mol. The zero-order valence-corrected chi connectivity index (χ0v) is 44.7. The van der Waals surface area contributed by atoms with Crippen LogP contribution in [0.15, 0.2) is 131 Å². The Morgan fingerprint density at radius 2 is 1.14 bits per heavy atom. The van der Waals surface area contributed by atoms with Crippen LogP contribution in [0.5, 0.6) is 40.2 Å². The van der Waals surface area contributed by atoms with Crippen LogP contribution >= 0.6 is 7.60 Å². The summed E-state index contributed by atoms with van der Waals surface area (Å²) >= 11 is 0. The number of hydrogen-bond acceptors (Lipinski definition) is 18. The Bertz CT molecular complexity index is 3080. The summed E-state index contributed by atoms with van der Waals surface area (Å²) in [5, 5.41) is 12.0. The van der Waals surface area contributed by atoms with Gasteiger partial charge in [-0.15, -0.1) is 0 Å². The van der Waals surface area contributed by atoms with E-state index in [0.29, 0.717) is 47.5 Å². The Labute approximate surface area is 431 Å². The van der Waals surface area contributed by atoms with Crippen molar-refractivity contribution in [2.24, 2.45) is 0 Å². The number of ether oxygens (including phenoxy) is 6. The van der Waals surface area contributed by atoms with Gasteiger partial charge in [0.05, 0.1) is 74.2 Å². The Hall–Kier alpha value is -6.71. The summed E-state index contributed by atoms with van der Waals surface area (Å²) < 4.78 is 104. The Balaban J connectivity index is 0.000000278. The SMILES string of the molecule is CCOP(=O)(Cc1cnc(NC(=O)c2cc(Oc3ccc(S(C)(=O)=O)cc3)cc(O[C@@H](C)CO)c2)cn1)OCC.COc1ccc(COC[C@H](C)Oc2cc(Oc3ccc(S(C)(=O)=O)cc3)cc(C(C)=O)c2)cc1.